The van der Waals surface area contributed by atoms with Crippen molar-refractivity contribution in [3.8, 4) is 11.5 Å². The predicted octanol–water partition coefficient (Wildman–Crippen LogP) is 3.46. The maximum atomic E-state index is 12.4. The Morgan fingerprint density at radius 1 is 1.09 bits per heavy atom. The zero-order chi connectivity index (χ0) is 24.3. The number of nitrogens with zero attached hydrogens (tertiary/aromatic N) is 3. The van der Waals surface area contributed by atoms with Crippen molar-refractivity contribution in [1.82, 2.24) is 5.01 Å². The lowest BCUT2D eigenvalue weighted by atomic mass is 10.1. The Balaban J connectivity index is 1.34. The lowest BCUT2D eigenvalue weighted by molar-refractivity contribution is -0.114. The number of carbonyl (C=O) groups excluding carboxylic acids is 1. The number of sulfone groups is 1. The molecule has 0 radical (unpaired) electrons. The van der Waals surface area contributed by atoms with E-state index in [0.29, 0.717) is 24.5 Å². The van der Waals surface area contributed by atoms with E-state index in [4.69, 9.17) is 14.9 Å². The van der Waals surface area contributed by atoms with Crippen LogP contribution < -0.4 is 9.47 Å². The molecule has 1 amide bonds. The van der Waals surface area contributed by atoms with Crippen LogP contribution in [0.25, 0.3) is 6.08 Å². The summed E-state index contributed by atoms with van der Waals surface area (Å²) in [6.07, 6.45) is 3.25. The third kappa shape index (κ3) is 5.37. The van der Waals surface area contributed by atoms with Crippen molar-refractivity contribution < 1.29 is 22.7 Å². The molecule has 11 heteroatoms. The minimum Gasteiger partial charge on any atom is -0.493 e. The summed E-state index contributed by atoms with van der Waals surface area (Å²) in [5.41, 5.74) is 1.77. The number of hydrogen-bond donors (Lipinski definition) is 1. The maximum Gasteiger partial charge on any atom is 0.283 e. The summed E-state index contributed by atoms with van der Waals surface area (Å²) in [6.45, 7) is 3.03. The molecular weight excluding hydrogens is 476 g/mol. The van der Waals surface area contributed by atoms with Crippen molar-refractivity contribution in [3.63, 3.8) is 0 Å². The van der Waals surface area contributed by atoms with Crippen molar-refractivity contribution in [2.45, 2.75) is 13.3 Å². The number of amidine groups is 2. The van der Waals surface area contributed by atoms with Gasteiger partial charge in [-0.05, 0) is 54.1 Å². The summed E-state index contributed by atoms with van der Waals surface area (Å²) in [4.78, 5) is 16.3. The monoisotopic (exact) mass is 498 g/mol. The van der Waals surface area contributed by atoms with Gasteiger partial charge in [-0.3, -0.25) is 10.2 Å². The number of amides is 1. The molecule has 2 heterocycles. The zero-order valence-electron chi connectivity index (χ0n) is 18.5. The third-order valence-corrected chi connectivity index (χ3v) is 7.43. The standard InChI is InChI=1S/C23H22N4O5S2/c1-15-6-3-4-7-19(15)32-13-5-12-31-17-10-8-16(9-11-17)14-18-20(24)27-22(25-21(18)28)33-23(26-27)34(2,29)30/h3-4,6-11,14,24H,5,12-13H2,1-2H3/b18-14+,24-20?. The molecule has 2 aromatic carbocycles. The molecule has 0 aliphatic carbocycles. The Hall–Kier alpha value is -3.44. The van der Waals surface area contributed by atoms with E-state index in [1.807, 2.05) is 31.2 Å². The van der Waals surface area contributed by atoms with E-state index in [0.717, 1.165) is 40.8 Å². The molecule has 9 nitrogen and oxygen atoms in total. The van der Waals surface area contributed by atoms with Crippen molar-refractivity contribution in [2.24, 2.45) is 10.1 Å². The molecule has 0 bridgehead atoms. The lowest BCUT2D eigenvalue weighted by Crippen LogP contribution is -2.35. The van der Waals surface area contributed by atoms with E-state index in [9.17, 15) is 13.2 Å². The van der Waals surface area contributed by atoms with Crippen LogP contribution in [0.1, 0.15) is 17.5 Å². The van der Waals surface area contributed by atoms with Crippen LogP contribution in [0.15, 0.2) is 64.2 Å². The highest BCUT2D eigenvalue weighted by molar-refractivity contribution is 8.42. The number of benzene rings is 2. The lowest BCUT2D eigenvalue weighted by Gasteiger charge is -2.20. The van der Waals surface area contributed by atoms with Gasteiger partial charge >= 0.3 is 0 Å². The molecule has 2 aliphatic rings. The average Bonchev–Trinajstić information content (AvgIpc) is 3.23. The van der Waals surface area contributed by atoms with Gasteiger partial charge in [-0.1, -0.05) is 30.3 Å². The van der Waals surface area contributed by atoms with Gasteiger partial charge in [-0.25, -0.2) is 8.42 Å². The quantitative estimate of drug-likeness (QED) is 0.458. The molecule has 2 aromatic rings. The third-order valence-electron chi connectivity index (χ3n) is 4.85. The van der Waals surface area contributed by atoms with Gasteiger partial charge in [-0.2, -0.15) is 10.0 Å². The van der Waals surface area contributed by atoms with E-state index in [-0.39, 0.29) is 21.0 Å². The van der Waals surface area contributed by atoms with Crippen LogP contribution >= 0.6 is 11.8 Å². The molecule has 0 fully saturated rings. The smallest absolute Gasteiger partial charge is 0.283 e. The van der Waals surface area contributed by atoms with Crippen LogP contribution in [0.4, 0.5) is 0 Å². The first-order chi connectivity index (χ1) is 16.2. The molecule has 176 valence electrons. The fraction of sp³-hybridized carbons (Fsp3) is 0.217. The Labute approximate surface area is 201 Å². The highest BCUT2D eigenvalue weighted by atomic mass is 32.3. The van der Waals surface area contributed by atoms with Crippen LogP contribution in [0.2, 0.25) is 0 Å². The van der Waals surface area contributed by atoms with Gasteiger partial charge in [0.05, 0.1) is 18.8 Å². The fourth-order valence-electron chi connectivity index (χ4n) is 3.10. The summed E-state index contributed by atoms with van der Waals surface area (Å²) in [6, 6.07) is 14.9. The van der Waals surface area contributed by atoms with E-state index in [2.05, 4.69) is 10.1 Å². The van der Waals surface area contributed by atoms with Crippen LogP contribution in [-0.2, 0) is 14.6 Å². The van der Waals surface area contributed by atoms with Crippen molar-refractivity contribution >= 4 is 49.0 Å². The number of fused-ring (bicyclic) bond motifs is 1. The molecule has 0 atom stereocenters. The number of ether oxygens (including phenoxy) is 2. The number of thioether (sulfide) groups is 1. The molecule has 0 spiro atoms. The van der Waals surface area contributed by atoms with Gasteiger partial charge in [0.1, 0.15) is 11.5 Å². The summed E-state index contributed by atoms with van der Waals surface area (Å²) < 4.78 is 34.8. The second-order valence-electron chi connectivity index (χ2n) is 7.54. The SMILES string of the molecule is Cc1ccccc1OCCCOc1ccc(/C=C2\C(=N)N3N=C(S(C)(=O)=O)SC3=NC2=O)cc1. The number of rotatable bonds is 7. The Morgan fingerprint density at radius 2 is 1.79 bits per heavy atom. The number of carbonyl (C=O) groups is 1. The van der Waals surface area contributed by atoms with Gasteiger partial charge < -0.3 is 9.47 Å². The molecule has 0 saturated carbocycles. The molecule has 0 aromatic heterocycles. The number of para-hydroxylation sites is 1. The average molecular weight is 499 g/mol. The largest absolute Gasteiger partial charge is 0.493 e. The Kier molecular flexibility index (Phi) is 6.85. The van der Waals surface area contributed by atoms with E-state index >= 15 is 0 Å². The first kappa shape index (κ1) is 23.7. The number of aliphatic imine (C=N–C) groups is 1. The van der Waals surface area contributed by atoms with Crippen molar-refractivity contribution in [3.05, 3.63) is 65.2 Å². The number of hydrazone groups is 1. The molecule has 2 aliphatic heterocycles. The summed E-state index contributed by atoms with van der Waals surface area (Å²) in [7, 11) is -3.57. The Morgan fingerprint density at radius 3 is 2.50 bits per heavy atom. The van der Waals surface area contributed by atoms with Gasteiger partial charge in [0.2, 0.25) is 19.4 Å². The number of nitrogens with one attached hydrogen (secondary N) is 1. The van der Waals surface area contributed by atoms with Crippen molar-refractivity contribution in [2.75, 3.05) is 19.5 Å². The minimum atomic E-state index is -3.57. The Bertz CT molecular complexity index is 1330. The second kappa shape index (κ2) is 9.82. The minimum absolute atomic E-state index is 0.0184. The number of hydrogen-bond acceptors (Lipinski definition) is 8. The second-order valence-corrected chi connectivity index (χ2v) is 10.7. The summed E-state index contributed by atoms with van der Waals surface area (Å²) in [5, 5.41) is 13.3. The molecule has 0 saturated heterocycles. The maximum absolute atomic E-state index is 12.4. The highest BCUT2D eigenvalue weighted by Gasteiger charge is 2.38. The molecule has 4 rings (SSSR count). The van der Waals surface area contributed by atoms with E-state index in [1.165, 1.54) is 6.08 Å². The summed E-state index contributed by atoms with van der Waals surface area (Å²) >= 11 is 0.753. The molecule has 34 heavy (non-hydrogen) atoms. The van der Waals surface area contributed by atoms with E-state index < -0.39 is 15.7 Å². The highest BCUT2D eigenvalue weighted by Crippen LogP contribution is 2.30. The first-order valence-electron chi connectivity index (χ1n) is 10.3. The summed E-state index contributed by atoms with van der Waals surface area (Å²) in [5.74, 6) is 0.685. The molecule has 0 unspecified atom stereocenters. The van der Waals surface area contributed by atoms with E-state index in [1.54, 1.807) is 24.3 Å². The molecule has 1 N–H and O–H groups in total. The van der Waals surface area contributed by atoms with Gasteiger partial charge in [0, 0.05) is 12.7 Å². The fourth-order valence-corrected chi connectivity index (χ4v) is 4.79. The van der Waals surface area contributed by atoms with Crippen LogP contribution in [0.3, 0.4) is 0 Å². The van der Waals surface area contributed by atoms with Crippen LogP contribution in [0.5, 0.6) is 11.5 Å². The first-order valence-corrected chi connectivity index (χ1v) is 13.0. The van der Waals surface area contributed by atoms with Gasteiger partial charge in [0.25, 0.3) is 5.91 Å². The number of aryl methyl sites for hydroxylation is 1. The van der Waals surface area contributed by atoms with Gasteiger partial charge in [0.15, 0.2) is 5.84 Å². The van der Waals surface area contributed by atoms with Crippen molar-refractivity contribution in [1.29, 1.82) is 5.41 Å². The topological polar surface area (TPSA) is 121 Å². The van der Waals surface area contributed by atoms with Crippen LogP contribution in [0, 0.1) is 12.3 Å². The normalized spacial score (nSPS) is 16.9. The zero-order valence-corrected chi connectivity index (χ0v) is 20.1. The van der Waals surface area contributed by atoms with Crippen LogP contribution in [-0.4, -0.2) is 54.2 Å². The molecular formula is C23H22N4O5S2. The van der Waals surface area contributed by atoms with Gasteiger partial charge in [-0.15, -0.1) is 5.10 Å². The predicted molar refractivity (Wildman–Crippen MR) is 133 cm³/mol.